The lowest BCUT2D eigenvalue weighted by Gasteiger charge is -2.16. The minimum atomic E-state index is 0.544. The van der Waals surface area contributed by atoms with Gasteiger partial charge in [0.15, 0.2) is 0 Å². The van der Waals surface area contributed by atoms with Crippen LogP contribution in [-0.2, 0) is 6.42 Å². The lowest BCUT2D eigenvalue weighted by Crippen LogP contribution is -2.33. The van der Waals surface area contributed by atoms with Crippen LogP contribution in [0.25, 0.3) is 0 Å². The summed E-state index contributed by atoms with van der Waals surface area (Å²) in [5.74, 6) is 0. The number of hydrogen-bond donors (Lipinski definition) is 1. The molecular formula is C13H17NS. The van der Waals surface area contributed by atoms with E-state index in [1.165, 1.54) is 24.8 Å². The van der Waals surface area contributed by atoms with Gasteiger partial charge in [-0.05, 0) is 31.2 Å². The lowest BCUT2D eigenvalue weighted by atomic mass is 10.0. The molecule has 0 spiro atoms. The van der Waals surface area contributed by atoms with Crippen LogP contribution in [0.3, 0.4) is 0 Å². The van der Waals surface area contributed by atoms with Crippen LogP contribution in [0, 0.1) is 0 Å². The Balaban J connectivity index is 1.96. The Bertz CT molecular complexity index is 321. The van der Waals surface area contributed by atoms with E-state index in [1.807, 2.05) is 0 Å². The first-order valence-electron chi connectivity index (χ1n) is 5.68. The minimum absolute atomic E-state index is 0.544. The molecule has 1 N–H and O–H groups in total. The number of benzene rings is 1. The predicted octanol–water partition coefficient (Wildman–Crippen LogP) is 3.09. The lowest BCUT2D eigenvalue weighted by molar-refractivity contribution is 0.551. The average Bonchev–Trinajstić information content (AvgIpc) is 2.44. The van der Waals surface area contributed by atoms with Gasteiger partial charge in [-0.1, -0.05) is 49.0 Å². The fourth-order valence-corrected chi connectivity index (χ4v) is 2.41. The van der Waals surface area contributed by atoms with Crippen LogP contribution in [0.4, 0.5) is 0 Å². The maximum Gasteiger partial charge on any atom is 0.0755 e. The fraction of sp³-hybridized carbons (Fsp3) is 0.462. The number of rotatable bonds is 2. The van der Waals surface area contributed by atoms with Crippen LogP contribution in [0.15, 0.2) is 30.3 Å². The summed E-state index contributed by atoms with van der Waals surface area (Å²) in [6, 6.07) is 11.2. The average molecular weight is 219 g/mol. The highest BCUT2D eigenvalue weighted by Crippen LogP contribution is 2.14. The molecule has 1 nitrogen and oxygen atoms in total. The Labute approximate surface area is 96.9 Å². The normalized spacial score (nSPS) is 21.9. The maximum atomic E-state index is 5.27. The Hall–Kier alpha value is -0.890. The largest absolute Gasteiger partial charge is 0.377 e. The first kappa shape index (κ1) is 10.6. The Kier molecular flexibility index (Phi) is 3.73. The predicted molar refractivity (Wildman–Crippen MR) is 68.1 cm³/mol. The van der Waals surface area contributed by atoms with Crippen molar-refractivity contribution >= 4 is 17.2 Å². The van der Waals surface area contributed by atoms with E-state index in [4.69, 9.17) is 12.2 Å². The second kappa shape index (κ2) is 5.26. The van der Waals surface area contributed by atoms with Crippen LogP contribution in [0.2, 0.25) is 0 Å². The van der Waals surface area contributed by atoms with Gasteiger partial charge in [-0.2, -0.15) is 0 Å². The number of hydrogen-bond acceptors (Lipinski definition) is 1. The van der Waals surface area contributed by atoms with E-state index >= 15 is 0 Å². The summed E-state index contributed by atoms with van der Waals surface area (Å²) in [5.41, 5.74) is 1.40. The molecular weight excluding hydrogens is 202 g/mol. The molecule has 15 heavy (non-hydrogen) atoms. The van der Waals surface area contributed by atoms with Crippen LogP contribution < -0.4 is 5.32 Å². The van der Waals surface area contributed by atoms with Crippen LogP contribution >= 0.6 is 12.2 Å². The summed E-state index contributed by atoms with van der Waals surface area (Å²) in [4.78, 5) is 1.05. The van der Waals surface area contributed by atoms with Crippen molar-refractivity contribution < 1.29 is 0 Å². The highest BCUT2D eigenvalue weighted by Gasteiger charge is 2.14. The quantitative estimate of drug-likeness (QED) is 0.767. The molecule has 2 rings (SSSR count). The van der Waals surface area contributed by atoms with Crippen LogP contribution in [0.5, 0.6) is 0 Å². The molecule has 1 aliphatic heterocycles. The highest BCUT2D eigenvalue weighted by molar-refractivity contribution is 7.80. The third-order valence-electron chi connectivity index (χ3n) is 2.90. The molecule has 2 heteroatoms. The van der Waals surface area contributed by atoms with Crippen molar-refractivity contribution in [3.8, 4) is 0 Å². The number of nitrogens with one attached hydrogen (secondary N) is 1. The van der Waals surface area contributed by atoms with Gasteiger partial charge in [0.05, 0.1) is 4.99 Å². The molecule has 1 heterocycles. The van der Waals surface area contributed by atoms with Crippen molar-refractivity contribution in [3.63, 3.8) is 0 Å². The molecule has 1 fully saturated rings. The van der Waals surface area contributed by atoms with Crippen molar-refractivity contribution in [2.24, 2.45) is 0 Å². The summed E-state index contributed by atoms with van der Waals surface area (Å²) in [5, 5.41) is 3.46. The smallest absolute Gasteiger partial charge is 0.0755 e. The standard InChI is InChI=1S/C13H17NS/c15-13-9-5-4-8-12(14-13)10-11-6-2-1-3-7-11/h1-3,6-7,12H,4-5,8-10H2,(H,14,15). The van der Waals surface area contributed by atoms with E-state index in [2.05, 4.69) is 35.6 Å². The van der Waals surface area contributed by atoms with Crippen LogP contribution in [-0.4, -0.2) is 11.0 Å². The molecule has 1 aliphatic rings. The molecule has 80 valence electrons. The Morgan fingerprint density at radius 3 is 2.80 bits per heavy atom. The molecule has 0 radical (unpaired) electrons. The fourth-order valence-electron chi connectivity index (χ4n) is 2.10. The zero-order valence-corrected chi connectivity index (χ0v) is 9.72. The van der Waals surface area contributed by atoms with E-state index in [0.29, 0.717) is 6.04 Å². The van der Waals surface area contributed by atoms with E-state index in [0.717, 1.165) is 17.8 Å². The van der Waals surface area contributed by atoms with Crippen molar-refractivity contribution in [2.45, 2.75) is 38.1 Å². The van der Waals surface area contributed by atoms with E-state index in [-0.39, 0.29) is 0 Å². The molecule has 0 aliphatic carbocycles. The third-order valence-corrected chi connectivity index (χ3v) is 3.22. The van der Waals surface area contributed by atoms with Gasteiger partial charge in [-0.15, -0.1) is 0 Å². The Morgan fingerprint density at radius 1 is 1.20 bits per heavy atom. The zero-order valence-electron chi connectivity index (χ0n) is 8.91. The molecule has 1 saturated heterocycles. The van der Waals surface area contributed by atoms with Crippen molar-refractivity contribution in [1.82, 2.24) is 5.32 Å². The van der Waals surface area contributed by atoms with Gasteiger partial charge >= 0.3 is 0 Å². The topological polar surface area (TPSA) is 12.0 Å². The van der Waals surface area contributed by atoms with Crippen molar-refractivity contribution in [3.05, 3.63) is 35.9 Å². The first-order valence-corrected chi connectivity index (χ1v) is 6.09. The summed E-state index contributed by atoms with van der Waals surface area (Å²) < 4.78 is 0. The van der Waals surface area contributed by atoms with Gasteiger partial charge in [-0.25, -0.2) is 0 Å². The second-order valence-electron chi connectivity index (χ2n) is 4.20. The van der Waals surface area contributed by atoms with Gasteiger partial charge in [0, 0.05) is 6.04 Å². The molecule has 1 atom stereocenters. The first-order chi connectivity index (χ1) is 7.34. The van der Waals surface area contributed by atoms with Crippen LogP contribution in [0.1, 0.15) is 31.2 Å². The van der Waals surface area contributed by atoms with E-state index in [9.17, 15) is 0 Å². The molecule has 0 bridgehead atoms. The summed E-state index contributed by atoms with van der Waals surface area (Å²) in [6.45, 7) is 0. The molecule has 1 unspecified atom stereocenters. The van der Waals surface area contributed by atoms with Crippen molar-refractivity contribution in [1.29, 1.82) is 0 Å². The summed E-state index contributed by atoms with van der Waals surface area (Å²) in [6.07, 6.45) is 5.96. The molecule has 0 aromatic heterocycles. The third kappa shape index (κ3) is 3.31. The second-order valence-corrected chi connectivity index (χ2v) is 4.69. The van der Waals surface area contributed by atoms with Crippen molar-refractivity contribution in [2.75, 3.05) is 0 Å². The monoisotopic (exact) mass is 219 g/mol. The zero-order chi connectivity index (χ0) is 10.5. The van der Waals surface area contributed by atoms with Gasteiger partial charge < -0.3 is 5.32 Å². The summed E-state index contributed by atoms with van der Waals surface area (Å²) in [7, 11) is 0. The SMILES string of the molecule is S=C1CCCCC(Cc2ccccc2)N1. The van der Waals surface area contributed by atoms with E-state index < -0.39 is 0 Å². The van der Waals surface area contributed by atoms with Gasteiger partial charge in [-0.3, -0.25) is 0 Å². The Morgan fingerprint density at radius 2 is 2.00 bits per heavy atom. The number of thiocarbonyl (C=S) groups is 1. The summed E-state index contributed by atoms with van der Waals surface area (Å²) >= 11 is 5.27. The highest BCUT2D eigenvalue weighted by atomic mass is 32.1. The molecule has 0 amide bonds. The minimum Gasteiger partial charge on any atom is -0.377 e. The van der Waals surface area contributed by atoms with E-state index in [1.54, 1.807) is 0 Å². The van der Waals surface area contributed by atoms with Gasteiger partial charge in [0.2, 0.25) is 0 Å². The molecule has 1 aromatic rings. The van der Waals surface area contributed by atoms with Gasteiger partial charge in [0.1, 0.15) is 0 Å². The van der Waals surface area contributed by atoms with Gasteiger partial charge in [0.25, 0.3) is 0 Å². The molecule has 0 saturated carbocycles. The molecule has 1 aromatic carbocycles. The maximum absolute atomic E-state index is 5.27.